The number of benzene rings is 1. The molecule has 0 saturated heterocycles. The summed E-state index contributed by atoms with van der Waals surface area (Å²) in [4.78, 5) is 0.0517. The first-order valence-corrected chi connectivity index (χ1v) is 7.96. The molecular weight excluding hydrogens is 291 g/mol. The van der Waals surface area contributed by atoms with Crippen molar-refractivity contribution in [2.24, 2.45) is 0 Å². The van der Waals surface area contributed by atoms with Crippen LogP contribution in [0.3, 0.4) is 0 Å². The van der Waals surface area contributed by atoms with Gasteiger partial charge in [0.05, 0.1) is 22.8 Å². The number of rotatable bonds is 6. The van der Waals surface area contributed by atoms with Crippen molar-refractivity contribution in [3.8, 4) is 0 Å². The van der Waals surface area contributed by atoms with Crippen molar-refractivity contribution in [2.75, 3.05) is 11.1 Å². The Balaban J connectivity index is 2.97. The topological polar surface area (TPSA) is 46.2 Å². The molecule has 0 radical (unpaired) electrons. The van der Waals surface area contributed by atoms with E-state index in [9.17, 15) is 21.6 Å². The highest BCUT2D eigenvalue weighted by Gasteiger charge is 2.30. The summed E-state index contributed by atoms with van der Waals surface area (Å²) in [5.41, 5.74) is 0.220. The Morgan fingerprint density at radius 2 is 1.85 bits per heavy atom. The maximum Gasteiger partial charge on any atom is 0.391 e. The molecule has 1 atom stereocenters. The molecule has 3 nitrogen and oxygen atoms in total. The Labute approximate surface area is 117 Å². The summed E-state index contributed by atoms with van der Waals surface area (Å²) in [6.07, 6.45) is -4.85. The summed E-state index contributed by atoms with van der Waals surface area (Å²) in [5, 5.41) is 2.63. The summed E-state index contributed by atoms with van der Waals surface area (Å²) in [7, 11) is -3.47. The Morgan fingerprint density at radius 1 is 1.25 bits per heavy atom. The smallest absolute Gasteiger partial charge is 0.381 e. The molecule has 1 unspecified atom stereocenters. The maximum atomic E-state index is 12.3. The van der Waals surface area contributed by atoms with Crippen molar-refractivity contribution in [1.29, 1.82) is 0 Å². The zero-order valence-corrected chi connectivity index (χ0v) is 12.2. The first kappa shape index (κ1) is 16.8. The van der Waals surface area contributed by atoms with Crippen LogP contribution >= 0.6 is 0 Å². The van der Waals surface area contributed by atoms with Gasteiger partial charge in [-0.25, -0.2) is 8.42 Å². The summed E-state index contributed by atoms with van der Waals surface area (Å²) in [5.74, 6) is -0.0284. The maximum absolute atomic E-state index is 12.3. The molecule has 0 amide bonds. The highest BCUT2D eigenvalue weighted by molar-refractivity contribution is 7.91. The van der Waals surface area contributed by atoms with E-state index >= 15 is 0 Å². The minimum atomic E-state index is -4.29. The van der Waals surface area contributed by atoms with Crippen LogP contribution in [-0.2, 0) is 9.84 Å². The Hall–Kier alpha value is -1.24. The van der Waals surface area contributed by atoms with Crippen LogP contribution in [0.2, 0.25) is 0 Å². The van der Waals surface area contributed by atoms with Gasteiger partial charge >= 0.3 is 6.18 Å². The van der Waals surface area contributed by atoms with Gasteiger partial charge in [-0.05, 0) is 25.5 Å². The van der Waals surface area contributed by atoms with Crippen molar-refractivity contribution >= 4 is 15.5 Å². The van der Waals surface area contributed by atoms with Gasteiger partial charge in [0.25, 0.3) is 0 Å². The van der Waals surface area contributed by atoms with E-state index in [4.69, 9.17) is 0 Å². The molecule has 114 valence electrons. The second-order valence-corrected chi connectivity index (χ2v) is 6.76. The standard InChI is InChI=1S/C13H18F3NO2S/c1-3-8-20(18,19)12-7-5-4-6-11(12)17-10(2)9-13(14,15)16/h4-7,10,17H,3,8-9H2,1-2H3. The molecule has 0 fully saturated rings. The third-order valence-corrected chi connectivity index (χ3v) is 4.61. The van der Waals surface area contributed by atoms with Gasteiger partial charge in [-0.3, -0.25) is 0 Å². The number of nitrogens with one attached hydrogen (secondary N) is 1. The van der Waals surface area contributed by atoms with E-state index in [1.54, 1.807) is 19.1 Å². The molecule has 0 heterocycles. The van der Waals surface area contributed by atoms with Gasteiger partial charge < -0.3 is 5.32 Å². The number of para-hydroxylation sites is 1. The van der Waals surface area contributed by atoms with Gasteiger partial charge in [-0.1, -0.05) is 19.1 Å². The molecule has 1 N–H and O–H groups in total. The zero-order chi connectivity index (χ0) is 15.4. The SMILES string of the molecule is CCCS(=O)(=O)c1ccccc1NC(C)CC(F)(F)F. The van der Waals surface area contributed by atoms with E-state index in [1.165, 1.54) is 19.1 Å². The van der Waals surface area contributed by atoms with Crippen molar-refractivity contribution in [2.45, 2.75) is 43.8 Å². The molecule has 7 heteroatoms. The lowest BCUT2D eigenvalue weighted by Gasteiger charge is -2.19. The molecule has 1 rings (SSSR count). The van der Waals surface area contributed by atoms with Gasteiger partial charge in [0.1, 0.15) is 0 Å². The number of sulfone groups is 1. The van der Waals surface area contributed by atoms with Crippen LogP contribution in [0.5, 0.6) is 0 Å². The van der Waals surface area contributed by atoms with Crippen molar-refractivity contribution in [3.05, 3.63) is 24.3 Å². The molecule has 0 saturated carbocycles. The normalized spacial score (nSPS) is 14.1. The zero-order valence-electron chi connectivity index (χ0n) is 11.4. The lowest BCUT2D eigenvalue weighted by Crippen LogP contribution is -2.24. The number of anilines is 1. The molecule has 0 aliphatic heterocycles. The second-order valence-electron chi connectivity index (χ2n) is 4.68. The van der Waals surface area contributed by atoms with Crippen LogP contribution < -0.4 is 5.32 Å². The van der Waals surface area contributed by atoms with Crippen molar-refractivity contribution < 1.29 is 21.6 Å². The summed E-state index contributed by atoms with van der Waals surface area (Å²) >= 11 is 0. The quantitative estimate of drug-likeness (QED) is 0.873. The van der Waals surface area contributed by atoms with Crippen LogP contribution in [0.1, 0.15) is 26.7 Å². The first-order chi connectivity index (χ1) is 9.15. The molecule has 0 aromatic heterocycles. The van der Waals surface area contributed by atoms with Crippen LogP contribution in [0, 0.1) is 0 Å². The average molecular weight is 309 g/mol. The van der Waals surface area contributed by atoms with E-state index in [-0.39, 0.29) is 16.3 Å². The Bertz CT molecular complexity index is 541. The highest BCUT2D eigenvalue weighted by atomic mass is 32.2. The van der Waals surface area contributed by atoms with Crippen molar-refractivity contribution in [1.82, 2.24) is 0 Å². The third-order valence-electron chi connectivity index (χ3n) is 2.63. The van der Waals surface area contributed by atoms with Crippen LogP contribution in [0.4, 0.5) is 18.9 Å². The monoisotopic (exact) mass is 309 g/mol. The first-order valence-electron chi connectivity index (χ1n) is 6.31. The van der Waals surface area contributed by atoms with Gasteiger partial charge in [-0.2, -0.15) is 13.2 Å². The Kier molecular flexibility index (Phi) is 5.44. The molecule has 20 heavy (non-hydrogen) atoms. The van der Waals surface area contributed by atoms with Crippen LogP contribution in [0.25, 0.3) is 0 Å². The predicted molar refractivity (Wildman–Crippen MR) is 72.5 cm³/mol. The second kappa shape index (κ2) is 6.47. The number of alkyl halides is 3. The minimum Gasteiger partial charge on any atom is -0.381 e. The van der Waals surface area contributed by atoms with E-state index < -0.39 is 28.5 Å². The number of halogens is 3. The summed E-state index contributed by atoms with van der Waals surface area (Å²) in [6.45, 7) is 3.11. The molecule has 0 aliphatic rings. The van der Waals surface area contributed by atoms with E-state index in [2.05, 4.69) is 5.32 Å². The average Bonchev–Trinajstić information content (AvgIpc) is 2.26. The molecule has 1 aromatic rings. The molecule has 0 bridgehead atoms. The minimum absolute atomic E-state index is 0.0284. The van der Waals surface area contributed by atoms with Crippen molar-refractivity contribution in [3.63, 3.8) is 0 Å². The van der Waals surface area contributed by atoms with E-state index in [1.807, 2.05) is 0 Å². The Morgan fingerprint density at radius 3 is 2.40 bits per heavy atom. The van der Waals surface area contributed by atoms with E-state index in [0.29, 0.717) is 6.42 Å². The molecule has 0 spiro atoms. The molecule has 0 aliphatic carbocycles. The largest absolute Gasteiger partial charge is 0.391 e. The van der Waals surface area contributed by atoms with Gasteiger partial charge in [0, 0.05) is 6.04 Å². The fraction of sp³-hybridized carbons (Fsp3) is 0.538. The third kappa shape index (κ3) is 5.03. The number of hydrogen-bond donors (Lipinski definition) is 1. The lowest BCUT2D eigenvalue weighted by atomic mass is 10.2. The molecule has 1 aromatic carbocycles. The van der Waals surface area contributed by atoms with Crippen LogP contribution in [-0.4, -0.2) is 26.4 Å². The lowest BCUT2D eigenvalue weighted by molar-refractivity contribution is -0.136. The molecular formula is C13H18F3NO2S. The van der Waals surface area contributed by atoms with Crippen LogP contribution in [0.15, 0.2) is 29.2 Å². The number of hydrogen-bond acceptors (Lipinski definition) is 3. The van der Waals surface area contributed by atoms with Gasteiger partial charge in [0.2, 0.25) is 0 Å². The van der Waals surface area contributed by atoms with E-state index in [0.717, 1.165) is 0 Å². The highest BCUT2D eigenvalue weighted by Crippen LogP contribution is 2.27. The predicted octanol–water partition coefficient (Wildman–Crippen LogP) is 3.62. The summed E-state index contributed by atoms with van der Waals surface area (Å²) < 4.78 is 61.0. The fourth-order valence-electron chi connectivity index (χ4n) is 1.90. The van der Waals surface area contributed by atoms with Gasteiger partial charge in [-0.15, -0.1) is 0 Å². The van der Waals surface area contributed by atoms with Gasteiger partial charge in [0.15, 0.2) is 9.84 Å². The summed E-state index contributed by atoms with van der Waals surface area (Å²) in [6, 6.07) is 5.15. The fourth-order valence-corrected chi connectivity index (χ4v) is 3.40.